The number of ether oxygens (including phenoxy) is 3. The number of nitrogens with one attached hydrogen (secondary N) is 1. The third kappa shape index (κ3) is 7.89. The smallest absolute Gasteiger partial charge is 0.258 e. The predicted octanol–water partition coefficient (Wildman–Crippen LogP) is 9.72. The monoisotopic (exact) mass is 855 g/mol. The molecule has 7 aromatic carbocycles. The third-order valence-electron chi connectivity index (χ3n) is 12.0. The van der Waals surface area contributed by atoms with Crippen LogP contribution in [0.1, 0.15) is 50.0 Å². The van der Waals surface area contributed by atoms with Gasteiger partial charge in [0.15, 0.2) is 11.9 Å². The summed E-state index contributed by atoms with van der Waals surface area (Å²) in [6.07, 6.45) is -1.09. The minimum atomic E-state index is -1.26. The fraction of sp³-hybridized carbons (Fsp3) is 0.127. The van der Waals surface area contributed by atoms with Crippen molar-refractivity contribution in [3.05, 3.63) is 264 Å². The van der Waals surface area contributed by atoms with E-state index in [0.29, 0.717) is 16.7 Å². The molecular weight excluding hydrogens is 811 g/mol. The molecule has 1 saturated heterocycles. The molecule has 1 fully saturated rings. The first-order chi connectivity index (χ1) is 32.0. The Hall–Kier alpha value is -7.60. The number of rotatable bonds is 14. The molecule has 2 N–H and O–H groups in total. The van der Waals surface area contributed by atoms with E-state index in [2.05, 4.69) is 51.7 Å². The summed E-state index contributed by atoms with van der Waals surface area (Å²) in [6.45, 7) is -0.0504. The maximum atomic E-state index is 13.3. The number of hydrogen-bond donors (Lipinski definition) is 2. The van der Waals surface area contributed by atoms with Gasteiger partial charge in [-0.1, -0.05) is 200 Å². The number of nitrogens with zero attached hydrogens (tertiary/aromatic N) is 4. The number of anilines is 1. The molecule has 0 aliphatic carbocycles. The number of aliphatic hydroxyl groups excluding tert-OH is 1. The van der Waals surface area contributed by atoms with Gasteiger partial charge in [0.25, 0.3) is 5.91 Å². The van der Waals surface area contributed by atoms with Crippen molar-refractivity contribution in [3.8, 4) is 0 Å². The van der Waals surface area contributed by atoms with E-state index in [-0.39, 0.29) is 18.5 Å². The molecular formula is C55H45N5O5. The number of amides is 1. The standard InChI is InChI=1S/C55H45N5O5/c61-48-47(37-63-54(40-24-10-2-11-25-40,41-26-12-3-13-27-41)42-28-14-4-15-29-42)64-52(60-38-57-46-36-56-53(58-50(46)60)59-51(62)39-22-8-1-9-23-39)49(48)65-55(43-30-16-5-17-31-43,44-32-18-6-19-33-44)45-34-20-7-21-35-45/h1-36,38,47-49,52,61H,37H2,(H,56,58,59,62)/t47-,48-,49-,52-/m1/s1. The molecule has 10 rings (SSSR count). The third-order valence-corrected chi connectivity index (χ3v) is 12.0. The summed E-state index contributed by atoms with van der Waals surface area (Å²) in [6, 6.07) is 69.2. The highest BCUT2D eigenvalue weighted by Crippen LogP contribution is 2.47. The van der Waals surface area contributed by atoms with Crippen molar-refractivity contribution >= 4 is 23.0 Å². The van der Waals surface area contributed by atoms with Crippen LogP contribution >= 0.6 is 0 Å². The van der Waals surface area contributed by atoms with Crippen molar-refractivity contribution in [2.45, 2.75) is 35.7 Å². The quantitative estimate of drug-likeness (QED) is 0.104. The molecule has 1 aliphatic rings. The van der Waals surface area contributed by atoms with E-state index in [9.17, 15) is 9.90 Å². The van der Waals surface area contributed by atoms with Gasteiger partial charge < -0.3 is 19.3 Å². The lowest BCUT2D eigenvalue weighted by molar-refractivity contribution is -0.122. The lowest BCUT2D eigenvalue weighted by atomic mass is 9.79. The van der Waals surface area contributed by atoms with E-state index < -0.39 is 35.7 Å². The molecule has 0 saturated carbocycles. The zero-order chi connectivity index (χ0) is 44.1. The number of aromatic nitrogens is 4. The molecule has 2 aromatic heterocycles. The summed E-state index contributed by atoms with van der Waals surface area (Å²) in [5.41, 5.74) is 4.23. The summed E-state index contributed by atoms with van der Waals surface area (Å²) in [4.78, 5) is 27.2. The molecule has 320 valence electrons. The molecule has 0 bridgehead atoms. The summed E-state index contributed by atoms with van der Waals surface area (Å²) >= 11 is 0. The lowest BCUT2D eigenvalue weighted by Gasteiger charge is -2.40. The molecule has 0 radical (unpaired) electrons. The van der Waals surface area contributed by atoms with Crippen LogP contribution < -0.4 is 5.32 Å². The summed E-state index contributed by atoms with van der Waals surface area (Å²) < 4.78 is 23.7. The van der Waals surface area contributed by atoms with Gasteiger partial charge in [0.2, 0.25) is 5.95 Å². The first-order valence-corrected chi connectivity index (χ1v) is 21.6. The lowest BCUT2D eigenvalue weighted by Crippen LogP contribution is -2.45. The second-order valence-corrected chi connectivity index (χ2v) is 15.9. The molecule has 1 aliphatic heterocycles. The zero-order valence-corrected chi connectivity index (χ0v) is 35.2. The van der Waals surface area contributed by atoms with Crippen LogP contribution in [0.25, 0.3) is 11.2 Å². The Morgan fingerprint density at radius 3 is 1.45 bits per heavy atom. The molecule has 0 spiro atoms. The number of aliphatic hydroxyl groups is 1. The van der Waals surface area contributed by atoms with E-state index >= 15 is 0 Å². The van der Waals surface area contributed by atoms with Gasteiger partial charge in [-0.15, -0.1) is 0 Å². The average Bonchev–Trinajstić information content (AvgIpc) is 3.94. The molecule has 3 heterocycles. The topological polar surface area (TPSA) is 121 Å². The van der Waals surface area contributed by atoms with Crippen LogP contribution in [0.5, 0.6) is 0 Å². The Kier molecular flexibility index (Phi) is 11.6. The van der Waals surface area contributed by atoms with Crippen LogP contribution in [-0.2, 0) is 25.4 Å². The Balaban J connectivity index is 1.11. The van der Waals surface area contributed by atoms with Crippen LogP contribution in [0.3, 0.4) is 0 Å². The van der Waals surface area contributed by atoms with E-state index in [1.54, 1.807) is 41.4 Å². The largest absolute Gasteiger partial charge is 0.387 e. The molecule has 4 atom stereocenters. The second kappa shape index (κ2) is 18.2. The van der Waals surface area contributed by atoms with E-state index in [0.717, 1.165) is 33.4 Å². The number of carbonyl (C=O) groups is 1. The highest BCUT2D eigenvalue weighted by Gasteiger charge is 2.52. The summed E-state index contributed by atoms with van der Waals surface area (Å²) in [5, 5.41) is 15.8. The fourth-order valence-electron chi connectivity index (χ4n) is 8.95. The van der Waals surface area contributed by atoms with Gasteiger partial charge in [0, 0.05) is 5.56 Å². The first kappa shape index (κ1) is 41.4. The van der Waals surface area contributed by atoms with E-state index in [1.165, 1.54) is 0 Å². The van der Waals surface area contributed by atoms with Crippen LogP contribution in [0.4, 0.5) is 5.95 Å². The normalized spacial score (nSPS) is 17.5. The molecule has 10 nitrogen and oxygen atoms in total. The van der Waals surface area contributed by atoms with Gasteiger partial charge in [-0.3, -0.25) is 14.7 Å². The average molecular weight is 856 g/mol. The summed E-state index contributed by atoms with van der Waals surface area (Å²) in [5.74, 6) is -0.284. The Morgan fingerprint density at radius 2 is 1.00 bits per heavy atom. The predicted molar refractivity (Wildman–Crippen MR) is 249 cm³/mol. The number of carbonyl (C=O) groups excluding carboxylic acids is 1. The molecule has 0 unspecified atom stereocenters. The van der Waals surface area contributed by atoms with Crippen molar-refractivity contribution in [3.63, 3.8) is 0 Å². The summed E-state index contributed by atoms with van der Waals surface area (Å²) in [7, 11) is 0. The molecule has 9 aromatic rings. The van der Waals surface area contributed by atoms with Crippen molar-refractivity contribution < 1.29 is 24.1 Å². The Labute approximate surface area is 376 Å². The van der Waals surface area contributed by atoms with Crippen molar-refractivity contribution in [1.29, 1.82) is 0 Å². The zero-order valence-electron chi connectivity index (χ0n) is 35.2. The molecule has 10 heteroatoms. The van der Waals surface area contributed by atoms with Gasteiger partial charge in [-0.2, -0.15) is 4.98 Å². The maximum Gasteiger partial charge on any atom is 0.258 e. The van der Waals surface area contributed by atoms with Crippen LogP contribution in [0, 0.1) is 0 Å². The molecule has 1 amide bonds. The Bertz CT molecular complexity index is 2770. The van der Waals surface area contributed by atoms with Crippen molar-refractivity contribution in [1.82, 2.24) is 19.5 Å². The van der Waals surface area contributed by atoms with E-state index in [4.69, 9.17) is 19.2 Å². The minimum absolute atomic E-state index is 0.0504. The SMILES string of the molecule is O=C(Nc1ncc2ncn([C@@H]3O[C@H](COC(c4ccccc4)(c4ccccc4)c4ccccc4)[C@@H](O)[C@H]3OC(c3ccccc3)(c3ccccc3)c3ccccc3)c2n1)c1ccccc1. The Morgan fingerprint density at radius 1 is 0.585 bits per heavy atom. The van der Waals surface area contributed by atoms with Gasteiger partial charge >= 0.3 is 0 Å². The van der Waals surface area contributed by atoms with Gasteiger partial charge in [-0.25, -0.2) is 9.97 Å². The fourth-order valence-corrected chi connectivity index (χ4v) is 8.95. The van der Waals surface area contributed by atoms with Crippen LogP contribution in [0.15, 0.2) is 225 Å². The van der Waals surface area contributed by atoms with E-state index in [1.807, 2.05) is 152 Å². The van der Waals surface area contributed by atoms with Crippen molar-refractivity contribution in [2.75, 3.05) is 11.9 Å². The number of hydrogen-bond acceptors (Lipinski definition) is 8. The number of benzene rings is 7. The maximum absolute atomic E-state index is 13.3. The highest BCUT2D eigenvalue weighted by atomic mass is 16.6. The van der Waals surface area contributed by atoms with Crippen LogP contribution in [0.2, 0.25) is 0 Å². The molecule has 65 heavy (non-hydrogen) atoms. The second-order valence-electron chi connectivity index (χ2n) is 15.9. The highest BCUT2D eigenvalue weighted by molar-refractivity contribution is 6.03. The van der Waals surface area contributed by atoms with Crippen molar-refractivity contribution in [2.24, 2.45) is 0 Å². The van der Waals surface area contributed by atoms with Gasteiger partial charge in [0.05, 0.1) is 19.1 Å². The van der Waals surface area contributed by atoms with Gasteiger partial charge in [-0.05, 0) is 45.5 Å². The van der Waals surface area contributed by atoms with Gasteiger partial charge in [0.1, 0.15) is 35.0 Å². The number of imidazole rings is 1. The van der Waals surface area contributed by atoms with Crippen LogP contribution in [-0.4, -0.2) is 55.5 Å². The first-order valence-electron chi connectivity index (χ1n) is 21.6. The minimum Gasteiger partial charge on any atom is -0.387 e. The number of fused-ring (bicyclic) bond motifs is 1.